The molecule has 0 radical (unpaired) electrons. The second kappa shape index (κ2) is 4.41. The summed E-state index contributed by atoms with van der Waals surface area (Å²) in [6.07, 6.45) is 5.46. The molecular formula is C11H12N4O2S. The van der Waals surface area contributed by atoms with Crippen molar-refractivity contribution in [1.82, 2.24) is 14.5 Å². The molecule has 2 aromatic heterocycles. The number of hydrogen-bond donors (Lipinski definition) is 2. The highest BCUT2D eigenvalue weighted by Gasteiger charge is 2.25. The van der Waals surface area contributed by atoms with E-state index in [0.29, 0.717) is 18.4 Å². The third kappa shape index (κ3) is 2.21. The van der Waals surface area contributed by atoms with Crippen LogP contribution in [0, 0.1) is 0 Å². The maximum Gasteiger partial charge on any atom is 0.304 e. The zero-order valence-corrected chi connectivity index (χ0v) is 10.4. The summed E-state index contributed by atoms with van der Waals surface area (Å²) in [5.74, 6) is 0.330. The molecule has 2 N–H and O–H groups in total. The number of nitrogens with zero attached hydrogens (tertiary/aromatic N) is 2. The fourth-order valence-electron chi connectivity index (χ4n) is 1.77. The Morgan fingerprint density at radius 1 is 1.50 bits per heavy atom. The van der Waals surface area contributed by atoms with Gasteiger partial charge in [-0.15, -0.1) is 0 Å². The molecule has 0 spiro atoms. The van der Waals surface area contributed by atoms with Crippen LogP contribution in [-0.2, 0) is 6.54 Å². The lowest BCUT2D eigenvalue weighted by molar-refractivity contribution is 0.699. The first-order valence-electron chi connectivity index (χ1n) is 5.72. The first kappa shape index (κ1) is 11.2. The van der Waals surface area contributed by atoms with Crippen LogP contribution in [0.4, 0.5) is 5.82 Å². The number of thiazole rings is 1. The number of anilines is 1. The van der Waals surface area contributed by atoms with Gasteiger partial charge in [0.05, 0.1) is 6.54 Å². The summed E-state index contributed by atoms with van der Waals surface area (Å²) < 4.78 is 1.71. The van der Waals surface area contributed by atoms with Crippen LogP contribution in [-0.4, -0.2) is 14.5 Å². The second-order valence-electron chi connectivity index (χ2n) is 4.25. The number of aromatic amines is 1. The van der Waals surface area contributed by atoms with Gasteiger partial charge in [0.25, 0.3) is 5.56 Å². The van der Waals surface area contributed by atoms with E-state index in [-0.39, 0.29) is 10.4 Å². The van der Waals surface area contributed by atoms with Gasteiger partial charge in [0.1, 0.15) is 0 Å². The molecular weight excluding hydrogens is 252 g/mol. The summed E-state index contributed by atoms with van der Waals surface area (Å²) in [6.45, 7) is 0.398. The van der Waals surface area contributed by atoms with Gasteiger partial charge in [-0.05, 0) is 12.8 Å². The zero-order valence-electron chi connectivity index (χ0n) is 9.55. The maximum atomic E-state index is 12.0. The van der Waals surface area contributed by atoms with Crippen molar-refractivity contribution in [1.29, 1.82) is 0 Å². The maximum absolute atomic E-state index is 12.0. The van der Waals surface area contributed by atoms with Crippen LogP contribution in [0.5, 0.6) is 0 Å². The Labute approximate surface area is 106 Å². The zero-order chi connectivity index (χ0) is 12.5. The van der Waals surface area contributed by atoms with Crippen LogP contribution in [0.1, 0.15) is 24.6 Å². The van der Waals surface area contributed by atoms with Crippen molar-refractivity contribution in [3.05, 3.63) is 43.5 Å². The van der Waals surface area contributed by atoms with Gasteiger partial charge in [0, 0.05) is 29.5 Å². The lowest BCUT2D eigenvalue weighted by Gasteiger charge is -2.06. The molecule has 3 rings (SSSR count). The quantitative estimate of drug-likeness (QED) is 0.861. The highest BCUT2D eigenvalue weighted by atomic mass is 32.1. The molecule has 18 heavy (non-hydrogen) atoms. The van der Waals surface area contributed by atoms with Gasteiger partial charge in [-0.3, -0.25) is 9.59 Å². The summed E-state index contributed by atoms with van der Waals surface area (Å²) in [5.41, 5.74) is 0.658. The molecule has 0 bridgehead atoms. The Bertz CT molecular complexity index is 668. The normalized spacial score (nSPS) is 14.7. The van der Waals surface area contributed by atoms with Gasteiger partial charge in [0.15, 0.2) is 5.82 Å². The average molecular weight is 264 g/mol. The largest absolute Gasteiger partial charge is 0.360 e. The minimum atomic E-state index is -0.0995. The van der Waals surface area contributed by atoms with E-state index in [1.165, 1.54) is 0 Å². The summed E-state index contributed by atoms with van der Waals surface area (Å²) in [6, 6.07) is 0.335. The Hall–Kier alpha value is -1.89. The Morgan fingerprint density at radius 3 is 3.00 bits per heavy atom. The number of aromatic nitrogens is 3. The van der Waals surface area contributed by atoms with E-state index < -0.39 is 0 Å². The standard InChI is InChI=1S/C11H12N4O2S/c16-10-9(12-3-4-15(10)8-1-2-8)13-5-7-6-18-11(17)14-7/h3-4,6,8H,1-2,5H2,(H,12,13)(H,14,17). The monoisotopic (exact) mass is 264 g/mol. The topological polar surface area (TPSA) is 79.8 Å². The van der Waals surface area contributed by atoms with Crippen molar-refractivity contribution >= 4 is 17.2 Å². The predicted molar refractivity (Wildman–Crippen MR) is 69.0 cm³/mol. The molecule has 94 valence electrons. The molecule has 1 saturated carbocycles. The number of nitrogens with one attached hydrogen (secondary N) is 2. The highest BCUT2D eigenvalue weighted by Crippen LogP contribution is 2.33. The average Bonchev–Trinajstić information content (AvgIpc) is 3.11. The molecule has 0 unspecified atom stereocenters. The van der Waals surface area contributed by atoms with E-state index >= 15 is 0 Å². The van der Waals surface area contributed by atoms with Crippen molar-refractivity contribution in [2.45, 2.75) is 25.4 Å². The minimum Gasteiger partial charge on any atom is -0.360 e. The molecule has 6 nitrogen and oxygen atoms in total. The van der Waals surface area contributed by atoms with Crippen LogP contribution < -0.4 is 15.7 Å². The predicted octanol–water partition coefficient (Wildman–Crippen LogP) is 0.940. The van der Waals surface area contributed by atoms with E-state index in [4.69, 9.17) is 0 Å². The van der Waals surface area contributed by atoms with E-state index in [1.54, 1.807) is 22.3 Å². The summed E-state index contributed by atoms with van der Waals surface area (Å²) in [4.78, 5) is 29.6. The molecule has 7 heteroatoms. The van der Waals surface area contributed by atoms with Gasteiger partial charge in [0.2, 0.25) is 0 Å². The van der Waals surface area contributed by atoms with Crippen molar-refractivity contribution < 1.29 is 0 Å². The first-order valence-corrected chi connectivity index (χ1v) is 6.60. The molecule has 0 amide bonds. The summed E-state index contributed by atoms with van der Waals surface area (Å²) in [7, 11) is 0. The molecule has 0 aromatic carbocycles. The van der Waals surface area contributed by atoms with E-state index in [0.717, 1.165) is 29.9 Å². The minimum absolute atomic E-state index is 0.0942. The lowest BCUT2D eigenvalue weighted by Crippen LogP contribution is -2.23. The molecule has 2 aromatic rings. The first-order chi connectivity index (χ1) is 8.74. The third-order valence-corrected chi connectivity index (χ3v) is 3.54. The van der Waals surface area contributed by atoms with Crippen molar-refractivity contribution in [3.63, 3.8) is 0 Å². The SMILES string of the molecule is O=c1[nH]c(CNc2nccn(C3CC3)c2=O)cs1. The van der Waals surface area contributed by atoms with E-state index in [9.17, 15) is 9.59 Å². The van der Waals surface area contributed by atoms with Gasteiger partial charge in [-0.2, -0.15) is 0 Å². The van der Waals surface area contributed by atoms with Crippen molar-refractivity contribution in [3.8, 4) is 0 Å². The molecule has 1 aliphatic carbocycles. The Morgan fingerprint density at radius 2 is 2.33 bits per heavy atom. The van der Waals surface area contributed by atoms with Gasteiger partial charge in [-0.1, -0.05) is 11.3 Å². The van der Waals surface area contributed by atoms with Crippen LogP contribution in [0.15, 0.2) is 27.4 Å². The fourth-order valence-corrected chi connectivity index (χ4v) is 2.35. The highest BCUT2D eigenvalue weighted by molar-refractivity contribution is 7.07. The van der Waals surface area contributed by atoms with Crippen LogP contribution in [0.3, 0.4) is 0 Å². The molecule has 0 aliphatic heterocycles. The molecule has 1 aliphatic rings. The lowest BCUT2D eigenvalue weighted by atomic mass is 10.4. The number of H-pyrrole nitrogens is 1. The Kier molecular flexibility index (Phi) is 2.75. The molecule has 0 atom stereocenters. The number of rotatable bonds is 4. The summed E-state index contributed by atoms with van der Waals surface area (Å²) in [5, 5.41) is 4.69. The third-order valence-electron chi connectivity index (χ3n) is 2.83. The van der Waals surface area contributed by atoms with Crippen molar-refractivity contribution in [2.75, 3.05) is 5.32 Å². The second-order valence-corrected chi connectivity index (χ2v) is 5.09. The molecule has 2 heterocycles. The smallest absolute Gasteiger partial charge is 0.304 e. The van der Waals surface area contributed by atoms with Crippen LogP contribution >= 0.6 is 11.3 Å². The van der Waals surface area contributed by atoms with Gasteiger partial charge < -0.3 is 14.9 Å². The Balaban J connectivity index is 1.78. The van der Waals surface area contributed by atoms with Crippen LogP contribution in [0.2, 0.25) is 0 Å². The number of hydrogen-bond acceptors (Lipinski definition) is 5. The van der Waals surface area contributed by atoms with Crippen molar-refractivity contribution in [2.24, 2.45) is 0 Å². The van der Waals surface area contributed by atoms with Gasteiger partial charge >= 0.3 is 4.87 Å². The van der Waals surface area contributed by atoms with E-state index in [1.807, 2.05) is 0 Å². The van der Waals surface area contributed by atoms with E-state index in [2.05, 4.69) is 15.3 Å². The van der Waals surface area contributed by atoms with Crippen LogP contribution in [0.25, 0.3) is 0 Å². The molecule has 0 saturated heterocycles. The van der Waals surface area contributed by atoms with Gasteiger partial charge in [-0.25, -0.2) is 4.98 Å². The molecule has 1 fully saturated rings. The fraction of sp³-hybridized carbons (Fsp3) is 0.364. The summed E-state index contributed by atoms with van der Waals surface area (Å²) >= 11 is 1.11.